The molecule has 2 saturated heterocycles. The molecule has 2 rings (SSSR count). The van der Waals surface area contributed by atoms with Crippen molar-refractivity contribution in [3.05, 3.63) is 0 Å². The van der Waals surface area contributed by atoms with E-state index in [2.05, 4.69) is 10.2 Å². The van der Waals surface area contributed by atoms with Crippen molar-refractivity contribution >= 4 is 5.91 Å². The molecule has 0 saturated carbocycles. The summed E-state index contributed by atoms with van der Waals surface area (Å²) in [5.41, 5.74) is 4.27. The van der Waals surface area contributed by atoms with E-state index in [1.54, 1.807) is 0 Å². The number of carbonyl (C=O) groups excluding carboxylic acids is 1. The van der Waals surface area contributed by atoms with Gasteiger partial charge in [-0.05, 0) is 32.9 Å². The summed E-state index contributed by atoms with van der Waals surface area (Å²) in [6.45, 7) is 8.40. The second-order valence-corrected chi connectivity index (χ2v) is 6.78. The highest BCUT2D eigenvalue weighted by Crippen LogP contribution is 2.28. The third kappa shape index (κ3) is 5.87. The van der Waals surface area contributed by atoms with E-state index in [1.165, 1.54) is 19.3 Å². The van der Waals surface area contributed by atoms with Crippen LogP contribution in [0.3, 0.4) is 0 Å². The zero-order valence-electron chi connectivity index (χ0n) is 15.4. The molecule has 0 aromatic carbocycles. The van der Waals surface area contributed by atoms with E-state index in [0.29, 0.717) is 26.3 Å². The number of likely N-dealkylation sites (tertiary alicyclic amines) is 1. The van der Waals surface area contributed by atoms with Gasteiger partial charge in [-0.25, -0.2) is 0 Å². The standard InChI is InChI=1S/C17H34N4O4/c1-2-24-16(23)17(14-15(18)22,21-10-6-19-7-11-21)25-13-12-20-8-4-3-5-9-20/h16,19,23H,2-14H2,1H3,(H2,18,22). The minimum atomic E-state index is -1.22. The summed E-state index contributed by atoms with van der Waals surface area (Å²) >= 11 is 0. The molecule has 4 N–H and O–H groups in total. The molecule has 2 aliphatic heterocycles. The first-order chi connectivity index (χ1) is 12.1. The minimum Gasteiger partial charge on any atom is -0.370 e. The van der Waals surface area contributed by atoms with Crippen LogP contribution in [0, 0.1) is 0 Å². The van der Waals surface area contributed by atoms with Crippen LogP contribution in [0.5, 0.6) is 0 Å². The predicted octanol–water partition coefficient (Wildman–Crippen LogP) is -0.679. The summed E-state index contributed by atoms with van der Waals surface area (Å²) in [7, 11) is 0. The normalized spacial score (nSPS) is 23.9. The Balaban J connectivity index is 2.07. The third-order valence-corrected chi connectivity index (χ3v) is 5.00. The first-order valence-electron chi connectivity index (χ1n) is 9.48. The number of primary amides is 1. The van der Waals surface area contributed by atoms with Gasteiger partial charge < -0.3 is 30.5 Å². The molecule has 0 radical (unpaired) electrons. The van der Waals surface area contributed by atoms with Crippen LogP contribution in [0.1, 0.15) is 32.6 Å². The summed E-state index contributed by atoms with van der Waals surface area (Å²) in [4.78, 5) is 16.1. The van der Waals surface area contributed by atoms with Crippen molar-refractivity contribution in [2.75, 3.05) is 59.0 Å². The maximum atomic E-state index is 11.8. The number of hydrogen-bond donors (Lipinski definition) is 3. The lowest BCUT2D eigenvalue weighted by Crippen LogP contribution is -2.65. The number of piperazine rings is 1. The van der Waals surface area contributed by atoms with Gasteiger partial charge in [0.05, 0.1) is 13.0 Å². The number of nitrogens with one attached hydrogen (secondary N) is 1. The highest BCUT2D eigenvalue weighted by molar-refractivity contribution is 5.75. The Morgan fingerprint density at radius 3 is 2.52 bits per heavy atom. The van der Waals surface area contributed by atoms with Crippen LogP contribution in [0.4, 0.5) is 0 Å². The zero-order chi connectivity index (χ0) is 18.1. The first kappa shape index (κ1) is 20.5. The number of carbonyl (C=O) groups is 1. The average molecular weight is 358 g/mol. The second kappa shape index (κ2) is 10.4. The fraction of sp³-hybridized carbons (Fsp3) is 0.941. The monoisotopic (exact) mass is 358 g/mol. The molecule has 25 heavy (non-hydrogen) atoms. The zero-order valence-corrected chi connectivity index (χ0v) is 15.4. The van der Waals surface area contributed by atoms with Crippen molar-refractivity contribution in [2.24, 2.45) is 5.73 Å². The molecular formula is C17H34N4O4. The topological polar surface area (TPSA) is 100 Å². The highest BCUT2D eigenvalue weighted by atomic mass is 16.6. The molecule has 0 aromatic heterocycles. The number of piperidine rings is 1. The Morgan fingerprint density at radius 2 is 1.92 bits per heavy atom. The van der Waals surface area contributed by atoms with E-state index in [1.807, 2.05) is 11.8 Å². The fourth-order valence-electron chi connectivity index (χ4n) is 3.68. The Labute approximate surface area is 150 Å². The molecule has 8 heteroatoms. The van der Waals surface area contributed by atoms with Crippen molar-refractivity contribution < 1.29 is 19.4 Å². The first-order valence-corrected chi connectivity index (χ1v) is 9.48. The molecule has 8 nitrogen and oxygen atoms in total. The number of hydrogen-bond acceptors (Lipinski definition) is 7. The van der Waals surface area contributed by atoms with Gasteiger partial charge in [-0.15, -0.1) is 0 Å². The van der Waals surface area contributed by atoms with E-state index in [4.69, 9.17) is 15.2 Å². The second-order valence-electron chi connectivity index (χ2n) is 6.78. The van der Waals surface area contributed by atoms with Crippen molar-refractivity contribution in [1.29, 1.82) is 0 Å². The van der Waals surface area contributed by atoms with Crippen LogP contribution < -0.4 is 11.1 Å². The number of aliphatic hydroxyl groups excluding tert-OH is 1. The molecule has 0 bridgehead atoms. The van der Waals surface area contributed by atoms with Crippen LogP contribution >= 0.6 is 0 Å². The number of nitrogens with zero attached hydrogens (tertiary/aromatic N) is 2. The fourth-order valence-corrected chi connectivity index (χ4v) is 3.68. The Morgan fingerprint density at radius 1 is 1.24 bits per heavy atom. The molecule has 0 aliphatic carbocycles. The molecule has 2 aliphatic rings. The lowest BCUT2D eigenvalue weighted by atomic mass is 10.0. The number of nitrogens with two attached hydrogens (primary N) is 1. The number of rotatable bonds is 10. The molecular weight excluding hydrogens is 324 g/mol. The summed E-state index contributed by atoms with van der Waals surface area (Å²) in [5, 5.41) is 13.9. The van der Waals surface area contributed by atoms with Gasteiger partial charge in [0.2, 0.25) is 5.91 Å². The summed E-state index contributed by atoms with van der Waals surface area (Å²) in [5.74, 6) is -0.504. The van der Waals surface area contributed by atoms with Crippen molar-refractivity contribution in [3.63, 3.8) is 0 Å². The van der Waals surface area contributed by atoms with E-state index in [-0.39, 0.29) is 6.42 Å². The van der Waals surface area contributed by atoms with Gasteiger partial charge >= 0.3 is 0 Å². The number of ether oxygens (including phenoxy) is 2. The van der Waals surface area contributed by atoms with Crippen LogP contribution in [0.25, 0.3) is 0 Å². The number of amides is 1. The Kier molecular flexibility index (Phi) is 8.54. The van der Waals surface area contributed by atoms with Crippen molar-refractivity contribution in [1.82, 2.24) is 15.1 Å². The lowest BCUT2D eigenvalue weighted by molar-refractivity contribution is -0.292. The van der Waals surface area contributed by atoms with Gasteiger partial charge in [-0.2, -0.15) is 0 Å². The SMILES string of the molecule is CCOC(O)C(CC(N)=O)(OCCN1CCCCC1)N1CCNCC1. The maximum Gasteiger partial charge on any atom is 0.221 e. The van der Waals surface area contributed by atoms with Gasteiger partial charge in [-0.1, -0.05) is 6.42 Å². The van der Waals surface area contributed by atoms with Crippen LogP contribution in [-0.4, -0.2) is 91.9 Å². The third-order valence-electron chi connectivity index (χ3n) is 5.00. The molecule has 2 atom stereocenters. The van der Waals surface area contributed by atoms with Gasteiger partial charge in [-0.3, -0.25) is 9.69 Å². The summed E-state index contributed by atoms with van der Waals surface area (Å²) < 4.78 is 11.6. The predicted molar refractivity (Wildman–Crippen MR) is 94.9 cm³/mol. The minimum absolute atomic E-state index is 0.0891. The summed E-state index contributed by atoms with van der Waals surface area (Å²) in [6, 6.07) is 0. The average Bonchev–Trinajstić information content (AvgIpc) is 2.62. The van der Waals surface area contributed by atoms with E-state index in [9.17, 15) is 9.90 Å². The molecule has 2 unspecified atom stereocenters. The molecule has 146 valence electrons. The maximum absolute atomic E-state index is 11.8. The van der Waals surface area contributed by atoms with Crippen LogP contribution in [-0.2, 0) is 14.3 Å². The molecule has 0 aromatic rings. The van der Waals surface area contributed by atoms with E-state index >= 15 is 0 Å². The van der Waals surface area contributed by atoms with Crippen molar-refractivity contribution in [2.45, 2.75) is 44.6 Å². The number of aliphatic hydroxyl groups is 1. The van der Waals surface area contributed by atoms with Gasteiger partial charge in [0.15, 0.2) is 12.0 Å². The highest BCUT2D eigenvalue weighted by Gasteiger charge is 2.47. The Hall–Kier alpha value is -0.770. The largest absolute Gasteiger partial charge is 0.370 e. The molecule has 2 heterocycles. The van der Waals surface area contributed by atoms with Gasteiger partial charge in [0, 0.05) is 39.3 Å². The smallest absolute Gasteiger partial charge is 0.221 e. The molecule has 1 amide bonds. The van der Waals surface area contributed by atoms with Gasteiger partial charge in [0.1, 0.15) is 0 Å². The van der Waals surface area contributed by atoms with Crippen LogP contribution in [0.15, 0.2) is 0 Å². The van der Waals surface area contributed by atoms with Gasteiger partial charge in [0.25, 0.3) is 0 Å². The summed E-state index contributed by atoms with van der Waals surface area (Å²) in [6.07, 6.45) is 2.41. The van der Waals surface area contributed by atoms with Crippen LogP contribution in [0.2, 0.25) is 0 Å². The van der Waals surface area contributed by atoms with E-state index < -0.39 is 17.9 Å². The Bertz CT molecular complexity index is 400. The van der Waals surface area contributed by atoms with Crippen molar-refractivity contribution in [3.8, 4) is 0 Å². The molecule has 0 spiro atoms. The van der Waals surface area contributed by atoms with E-state index in [0.717, 1.165) is 32.7 Å². The quantitative estimate of drug-likeness (QED) is 0.445. The molecule has 2 fully saturated rings. The lowest BCUT2D eigenvalue weighted by Gasteiger charge is -2.47.